The fourth-order valence-electron chi connectivity index (χ4n) is 3.18. The molecule has 1 saturated heterocycles. The lowest BCUT2D eigenvalue weighted by Gasteiger charge is -2.23. The van der Waals surface area contributed by atoms with Gasteiger partial charge in [-0.15, -0.1) is 34.4 Å². The predicted octanol–water partition coefficient (Wildman–Crippen LogP) is 3.94. The molecule has 2 amide bonds. The molecule has 0 radical (unpaired) electrons. The molecule has 29 heavy (non-hydrogen) atoms. The van der Waals surface area contributed by atoms with Crippen LogP contribution in [0.4, 0.5) is 0 Å². The van der Waals surface area contributed by atoms with Crippen LogP contribution in [0.25, 0.3) is 9.88 Å². The normalized spacial score (nSPS) is 16.2. The largest absolute Gasteiger partial charge is 0.349 e. The minimum atomic E-state index is -0.424. The zero-order chi connectivity index (χ0) is 20.2. The van der Waals surface area contributed by atoms with Crippen molar-refractivity contribution in [2.45, 2.75) is 25.9 Å². The van der Waals surface area contributed by atoms with Gasteiger partial charge in [0.05, 0.1) is 29.4 Å². The Morgan fingerprint density at radius 3 is 2.86 bits per heavy atom. The summed E-state index contributed by atoms with van der Waals surface area (Å²) < 4.78 is 0. The second kappa shape index (κ2) is 9.11. The third-order valence-corrected chi connectivity index (χ3v) is 7.78. The van der Waals surface area contributed by atoms with E-state index in [1.165, 1.54) is 0 Å². The lowest BCUT2D eigenvalue weighted by atomic mass is 10.1. The number of amides is 2. The van der Waals surface area contributed by atoms with Crippen molar-refractivity contribution >= 4 is 46.2 Å². The van der Waals surface area contributed by atoms with E-state index >= 15 is 0 Å². The van der Waals surface area contributed by atoms with Crippen LogP contribution in [0, 0.1) is 6.92 Å². The third kappa shape index (κ3) is 4.71. The van der Waals surface area contributed by atoms with Crippen LogP contribution in [0.1, 0.15) is 16.8 Å². The molecule has 3 heterocycles. The first-order valence-corrected chi connectivity index (χ1v) is 12.2. The summed E-state index contributed by atoms with van der Waals surface area (Å²) >= 11 is 4.85. The molecule has 0 spiro atoms. The molecule has 2 aromatic heterocycles. The SMILES string of the molecule is Cc1ccccc1CC(=O)N1CSCC1C(=O)NCc1csc(-c2cccs2)n1. The monoisotopic (exact) mass is 443 g/mol. The van der Waals surface area contributed by atoms with Gasteiger partial charge in [0.25, 0.3) is 0 Å². The Labute approximate surface area is 182 Å². The number of nitrogens with zero attached hydrogens (tertiary/aromatic N) is 2. The number of hydrogen-bond donors (Lipinski definition) is 1. The molecule has 1 atom stereocenters. The molecule has 0 aliphatic carbocycles. The Bertz CT molecular complexity index is 1000. The maximum atomic E-state index is 12.8. The van der Waals surface area contributed by atoms with Crippen molar-refractivity contribution in [3.63, 3.8) is 0 Å². The van der Waals surface area contributed by atoms with E-state index in [9.17, 15) is 9.59 Å². The number of nitrogens with one attached hydrogen (secondary N) is 1. The highest BCUT2D eigenvalue weighted by molar-refractivity contribution is 7.99. The smallest absolute Gasteiger partial charge is 0.244 e. The molecule has 5 nitrogen and oxygen atoms in total. The van der Waals surface area contributed by atoms with Gasteiger partial charge in [-0.1, -0.05) is 30.3 Å². The summed E-state index contributed by atoms with van der Waals surface area (Å²) in [4.78, 5) is 33.0. The zero-order valence-electron chi connectivity index (χ0n) is 16.0. The van der Waals surface area contributed by atoms with Gasteiger partial charge < -0.3 is 10.2 Å². The molecular formula is C21H21N3O2S3. The maximum absolute atomic E-state index is 12.8. The lowest BCUT2D eigenvalue weighted by molar-refractivity contribution is -0.137. The van der Waals surface area contributed by atoms with E-state index in [0.717, 1.165) is 26.7 Å². The van der Waals surface area contributed by atoms with Gasteiger partial charge in [-0.25, -0.2) is 4.98 Å². The van der Waals surface area contributed by atoms with Crippen molar-refractivity contribution in [3.05, 3.63) is 64.0 Å². The van der Waals surface area contributed by atoms with Crippen molar-refractivity contribution in [3.8, 4) is 9.88 Å². The van der Waals surface area contributed by atoms with Gasteiger partial charge in [0.1, 0.15) is 11.0 Å². The number of thioether (sulfide) groups is 1. The number of rotatable bonds is 6. The number of aromatic nitrogens is 1. The fourth-order valence-corrected chi connectivity index (χ4v) is 5.99. The van der Waals surface area contributed by atoms with Crippen LogP contribution < -0.4 is 5.32 Å². The Balaban J connectivity index is 1.35. The summed E-state index contributed by atoms with van der Waals surface area (Å²) in [5.74, 6) is 1.07. The summed E-state index contributed by atoms with van der Waals surface area (Å²) in [5.41, 5.74) is 2.95. The lowest BCUT2D eigenvalue weighted by Crippen LogP contribution is -2.47. The predicted molar refractivity (Wildman–Crippen MR) is 120 cm³/mol. The molecule has 1 aliphatic rings. The fraction of sp³-hybridized carbons (Fsp3) is 0.286. The van der Waals surface area contributed by atoms with E-state index in [1.54, 1.807) is 39.3 Å². The van der Waals surface area contributed by atoms with E-state index in [-0.39, 0.29) is 11.8 Å². The average molecular weight is 444 g/mol. The number of aryl methyl sites for hydroxylation is 1. The van der Waals surface area contributed by atoms with Gasteiger partial charge in [0.2, 0.25) is 11.8 Å². The molecule has 1 N–H and O–H groups in total. The zero-order valence-corrected chi connectivity index (χ0v) is 18.4. The molecular weight excluding hydrogens is 422 g/mol. The van der Waals surface area contributed by atoms with E-state index in [0.29, 0.717) is 24.6 Å². The highest BCUT2D eigenvalue weighted by Gasteiger charge is 2.34. The third-order valence-electron chi connectivity index (χ3n) is 4.84. The van der Waals surface area contributed by atoms with E-state index in [1.807, 2.05) is 54.1 Å². The first-order valence-electron chi connectivity index (χ1n) is 9.29. The van der Waals surface area contributed by atoms with Gasteiger partial charge in [-0.2, -0.15) is 0 Å². The molecule has 1 fully saturated rings. The van der Waals surface area contributed by atoms with Crippen molar-refractivity contribution in [2.24, 2.45) is 0 Å². The first-order chi connectivity index (χ1) is 14.1. The number of carbonyl (C=O) groups excluding carboxylic acids is 2. The summed E-state index contributed by atoms with van der Waals surface area (Å²) in [5, 5.41) is 7.93. The Hall–Kier alpha value is -2.16. The molecule has 8 heteroatoms. The van der Waals surface area contributed by atoms with Crippen molar-refractivity contribution in [1.82, 2.24) is 15.2 Å². The summed E-state index contributed by atoms with van der Waals surface area (Å²) in [6.45, 7) is 2.38. The van der Waals surface area contributed by atoms with Crippen LogP contribution >= 0.6 is 34.4 Å². The average Bonchev–Trinajstić information content (AvgIpc) is 3.48. The van der Waals surface area contributed by atoms with Crippen LogP contribution in [-0.4, -0.2) is 39.4 Å². The summed E-state index contributed by atoms with van der Waals surface area (Å²) in [7, 11) is 0. The Kier molecular flexibility index (Phi) is 6.32. The molecule has 0 saturated carbocycles. The van der Waals surface area contributed by atoms with Gasteiger partial charge in [0, 0.05) is 11.1 Å². The molecule has 1 aromatic carbocycles. The molecule has 1 unspecified atom stereocenters. The van der Waals surface area contributed by atoms with E-state index in [2.05, 4.69) is 10.3 Å². The standard InChI is InChI=1S/C21H21N3O2S3/c1-14-5-2-3-6-15(14)9-19(25)24-13-27-12-17(24)20(26)22-10-16-11-29-21(23-16)18-7-4-8-28-18/h2-8,11,17H,9-10,12-13H2,1H3,(H,22,26). The van der Waals surface area contributed by atoms with Crippen molar-refractivity contribution in [2.75, 3.05) is 11.6 Å². The number of benzene rings is 1. The summed E-state index contributed by atoms with van der Waals surface area (Å²) in [6.07, 6.45) is 0.327. The number of thiazole rings is 1. The van der Waals surface area contributed by atoms with Crippen molar-refractivity contribution in [1.29, 1.82) is 0 Å². The molecule has 0 bridgehead atoms. The van der Waals surface area contributed by atoms with Gasteiger partial charge in [-0.3, -0.25) is 9.59 Å². The minimum absolute atomic E-state index is 0.00177. The quantitative estimate of drug-likeness (QED) is 0.627. The van der Waals surface area contributed by atoms with Crippen LogP contribution in [0.5, 0.6) is 0 Å². The molecule has 4 rings (SSSR count). The Morgan fingerprint density at radius 1 is 1.21 bits per heavy atom. The highest BCUT2D eigenvalue weighted by atomic mass is 32.2. The molecule has 150 valence electrons. The van der Waals surface area contributed by atoms with Gasteiger partial charge in [0.15, 0.2) is 0 Å². The second-order valence-electron chi connectivity index (χ2n) is 6.82. The minimum Gasteiger partial charge on any atom is -0.349 e. The van der Waals surface area contributed by atoms with E-state index in [4.69, 9.17) is 0 Å². The van der Waals surface area contributed by atoms with Crippen molar-refractivity contribution < 1.29 is 9.59 Å². The molecule has 1 aliphatic heterocycles. The topological polar surface area (TPSA) is 62.3 Å². The number of thiophene rings is 1. The molecule has 3 aromatic rings. The van der Waals surface area contributed by atoms with Crippen LogP contribution in [0.15, 0.2) is 47.2 Å². The first kappa shape index (κ1) is 20.1. The second-order valence-corrected chi connectivity index (χ2v) is 9.63. The highest BCUT2D eigenvalue weighted by Crippen LogP contribution is 2.28. The van der Waals surface area contributed by atoms with Crippen LogP contribution in [-0.2, 0) is 22.6 Å². The maximum Gasteiger partial charge on any atom is 0.244 e. The van der Waals surface area contributed by atoms with Gasteiger partial charge in [-0.05, 0) is 29.5 Å². The number of hydrogen-bond acceptors (Lipinski definition) is 6. The van der Waals surface area contributed by atoms with Crippen LogP contribution in [0.3, 0.4) is 0 Å². The van der Waals surface area contributed by atoms with Gasteiger partial charge >= 0.3 is 0 Å². The van der Waals surface area contributed by atoms with Crippen LogP contribution in [0.2, 0.25) is 0 Å². The Morgan fingerprint density at radius 2 is 2.07 bits per heavy atom. The summed E-state index contributed by atoms with van der Waals surface area (Å²) in [6, 6.07) is 11.5. The van der Waals surface area contributed by atoms with E-state index < -0.39 is 6.04 Å². The number of carbonyl (C=O) groups is 2.